The Morgan fingerprint density at radius 2 is 1.85 bits per heavy atom. The van der Waals surface area contributed by atoms with Gasteiger partial charge in [0.05, 0.1) is 0 Å². The van der Waals surface area contributed by atoms with Gasteiger partial charge in [-0.15, -0.1) is 0 Å². The molecule has 1 aromatic carbocycles. The number of rotatable bonds is 6. The molecule has 0 saturated heterocycles. The van der Waals surface area contributed by atoms with Crippen molar-refractivity contribution in [1.82, 2.24) is 9.97 Å². The van der Waals surface area contributed by atoms with Gasteiger partial charge in [0.15, 0.2) is 0 Å². The van der Waals surface area contributed by atoms with E-state index in [9.17, 15) is 0 Å². The summed E-state index contributed by atoms with van der Waals surface area (Å²) < 4.78 is 0. The third-order valence-corrected chi connectivity index (χ3v) is 3.35. The van der Waals surface area contributed by atoms with Crippen molar-refractivity contribution in [3.8, 4) is 0 Å². The quantitative estimate of drug-likeness (QED) is 0.855. The van der Waals surface area contributed by atoms with E-state index in [1.165, 1.54) is 11.1 Å². The van der Waals surface area contributed by atoms with Crippen molar-refractivity contribution in [3.05, 3.63) is 53.5 Å². The van der Waals surface area contributed by atoms with Crippen LogP contribution in [0.5, 0.6) is 0 Å². The van der Waals surface area contributed by atoms with Crippen molar-refractivity contribution in [3.63, 3.8) is 0 Å². The molecule has 0 amide bonds. The van der Waals surface area contributed by atoms with Crippen LogP contribution in [0.15, 0.2) is 36.7 Å². The minimum atomic E-state index is 0.579. The summed E-state index contributed by atoms with van der Waals surface area (Å²) in [6, 6.07) is 10.8. The molecule has 3 heteroatoms. The summed E-state index contributed by atoms with van der Waals surface area (Å²) in [4.78, 5) is 8.52. The van der Waals surface area contributed by atoms with Gasteiger partial charge in [-0.25, -0.2) is 9.97 Å². The maximum absolute atomic E-state index is 4.26. The first-order valence-corrected chi connectivity index (χ1v) is 7.32. The van der Waals surface area contributed by atoms with Gasteiger partial charge in [0.1, 0.15) is 12.1 Å². The first kappa shape index (κ1) is 14.5. The molecule has 20 heavy (non-hydrogen) atoms. The van der Waals surface area contributed by atoms with Gasteiger partial charge in [0.25, 0.3) is 0 Å². The SMILES string of the molecule is CCCc1cc(NCc2ccc(C(C)C)cc2)ncn1. The van der Waals surface area contributed by atoms with Gasteiger partial charge >= 0.3 is 0 Å². The minimum Gasteiger partial charge on any atom is -0.366 e. The molecular formula is C17H23N3. The second-order valence-electron chi connectivity index (χ2n) is 5.39. The average molecular weight is 269 g/mol. The van der Waals surface area contributed by atoms with E-state index >= 15 is 0 Å². The van der Waals surface area contributed by atoms with E-state index in [2.05, 4.69) is 60.3 Å². The molecule has 1 heterocycles. The molecule has 0 saturated carbocycles. The number of nitrogens with one attached hydrogen (secondary N) is 1. The Kier molecular flexibility index (Phi) is 5.10. The van der Waals surface area contributed by atoms with Gasteiger partial charge in [-0.3, -0.25) is 0 Å². The van der Waals surface area contributed by atoms with Crippen molar-refractivity contribution in [1.29, 1.82) is 0 Å². The Hall–Kier alpha value is -1.90. The number of benzene rings is 1. The maximum atomic E-state index is 4.26. The molecule has 0 atom stereocenters. The van der Waals surface area contributed by atoms with E-state index in [0.29, 0.717) is 5.92 Å². The van der Waals surface area contributed by atoms with Crippen LogP contribution in [0.2, 0.25) is 0 Å². The summed E-state index contributed by atoms with van der Waals surface area (Å²) in [6.45, 7) is 7.37. The highest BCUT2D eigenvalue weighted by atomic mass is 15.0. The molecule has 2 aromatic rings. The summed E-state index contributed by atoms with van der Waals surface area (Å²) >= 11 is 0. The number of nitrogens with zero attached hydrogens (tertiary/aromatic N) is 2. The van der Waals surface area contributed by atoms with E-state index < -0.39 is 0 Å². The van der Waals surface area contributed by atoms with Crippen LogP contribution in [0.25, 0.3) is 0 Å². The number of aromatic nitrogens is 2. The van der Waals surface area contributed by atoms with E-state index in [1.807, 2.05) is 6.07 Å². The number of anilines is 1. The minimum absolute atomic E-state index is 0.579. The third-order valence-electron chi connectivity index (χ3n) is 3.35. The number of hydrogen-bond acceptors (Lipinski definition) is 3. The lowest BCUT2D eigenvalue weighted by atomic mass is 10.0. The van der Waals surface area contributed by atoms with Crippen LogP contribution in [0, 0.1) is 0 Å². The van der Waals surface area contributed by atoms with Gasteiger partial charge in [-0.1, -0.05) is 51.5 Å². The van der Waals surface area contributed by atoms with Crippen LogP contribution in [0.4, 0.5) is 5.82 Å². The molecule has 0 radical (unpaired) electrons. The molecule has 0 bridgehead atoms. The molecule has 3 nitrogen and oxygen atoms in total. The molecule has 1 aromatic heterocycles. The molecule has 106 valence electrons. The lowest BCUT2D eigenvalue weighted by molar-refractivity contribution is 0.864. The van der Waals surface area contributed by atoms with Gasteiger partial charge < -0.3 is 5.32 Å². The summed E-state index contributed by atoms with van der Waals surface area (Å²) in [7, 11) is 0. The second kappa shape index (κ2) is 7.04. The molecular weight excluding hydrogens is 246 g/mol. The largest absolute Gasteiger partial charge is 0.366 e. The van der Waals surface area contributed by atoms with Gasteiger partial charge in [0.2, 0.25) is 0 Å². The third kappa shape index (κ3) is 4.05. The Morgan fingerprint density at radius 3 is 2.50 bits per heavy atom. The van der Waals surface area contributed by atoms with Crippen LogP contribution in [-0.2, 0) is 13.0 Å². The zero-order valence-electron chi connectivity index (χ0n) is 12.6. The van der Waals surface area contributed by atoms with Crippen LogP contribution in [-0.4, -0.2) is 9.97 Å². The summed E-state index contributed by atoms with van der Waals surface area (Å²) in [5, 5.41) is 3.36. The first-order chi connectivity index (χ1) is 9.69. The first-order valence-electron chi connectivity index (χ1n) is 7.32. The Bertz CT molecular complexity index is 532. The fourth-order valence-electron chi connectivity index (χ4n) is 2.10. The average Bonchev–Trinajstić information content (AvgIpc) is 2.46. The highest BCUT2D eigenvalue weighted by molar-refractivity contribution is 5.36. The molecule has 0 aliphatic rings. The van der Waals surface area contributed by atoms with Crippen molar-refractivity contribution in [2.45, 2.75) is 46.1 Å². The molecule has 0 fully saturated rings. The van der Waals surface area contributed by atoms with E-state index in [4.69, 9.17) is 0 Å². The van der Waals surface area contributed by atoms with Crippen LogP contribution in [0.3, 0.4) is 0 Å². The summed E-state index contributed by atoms with van der Waals surface area (Å²) in [6.07, 6.45) is 3.74. The van der Waals surface area contributed by atoms with Gasteiger partial charge in [-0.05, 0) is 23.5 Å². The van der Waals surface area contributed by atoms with Crippen molar-refractivity contribution in [2.75, 3.05) is 5.32 Å². The van der Waals surface area contributed by atoms with Crippen molar-refractivity contribution >= 4 is 5.82 Å². The summed E-state index contributed by atoms with van der Waals surface area (Å²) in [5.74, 6) is 1.48. The Balaban J connectivity index is 1.96. The molecule has 2 rings (SSSR count). The second-order valence-corrected chi connectivity index (χ2v) is 5.39. The Morgan fingerprint density at radius 1 is 1.10 bits per heavy atom. The van der Waals surface area contributed by atoms with Crippen LogP contribution < -0.4 is 5.32 Å². The lowest BCUT2D eigenvalue weighted by Gasteiger charge is -2.09. The maximum Gasteiger partial charge on any atom is 0.129 e. The van der Waals surface area contributed by atoms with Crippen molar-refractivity contribution in [2.24, 2.45) is 0 Å². The number of aryl methyl sites for hydroxylation is 1. The molecule has 1 N–H and O–H groups in total. The lowest BCUT2D eigenvalue weighted by Crippen LogP contribution is -2.03. The fourth-order valence-corrected chi connectivity index (χ4v) is 2.10. The molecule has 0 aliphatic carbocycles. The van der Waals surface area contributed by atoms with Gasteiger partial charge in [-0.2, -0.15) is 0 Å². The zero-order chi connectivity index (χ0) is 14.4. The summed E-state index contributed by atoms with van der Waals surface area (Å²) in [5.41, 5.74) is 3.74. The number of hydrogen-bond donors (Lipinski definition) is 1. The Labute approximate surface area is 121 Å². The topological polar surface area (TPSA) is 37.8 Å². The zero-order valence-corrected chi connectivity index (χ0v) is 12.6. The fraction of sp³-hybridized carbons (Fsp3) is 0.412. The highest BCUT2D eigenvalue weighted by Gasteiger charge is 2.01. The van der Waals surface area contributed by atoms with E-state index in [1.54, 1.807) is 6.33 Å². The van der Waals surface area contributed by atoms with Crippen LogP contribution >= 0.6 is 0 Å². The molecule has 0 unspecified atom stereocenters. The predicted molar refractivity (Wildman–Crippen MR) is 83.9 cm³/mol. The standard InChI is InChI=1S/C17H23N3/c1-4-5-16-10-17(20-12-19-16)18-11-14-6-8-15(9-7-14)13(2)3/h6-10,12-13H,4-5,11H2,1-3H3,(H,18,19,20). The predicted octanol–water partition coefficient (Wildman–Crippen LogP) is 4.16. The molecule has 0 aliphatic heterocycles. The smallest absolute Gasteiger partial charge is 0.129 e. The van der Waals surface area contributed by atoms with E-state index in [-0.39, 0.29) is 0 Å². The normalized spacial score (nSPS) is 10.8. The van der Waals surface area contributed by atoms with E-state index in [0.717, 1.165) is 30.9 Å². The van der Waals surface area contributed by atoms with Crippen LogP contribution in [0.1, 0.15) is 49.9 Å². The monoisotopic (exact) mass is 269 g/mol. The van der Waals surface area contributed by atoms with Gasteiger partial charge in [0, 0.05) is 18.3 Å². The highest BCUT2D eigenvalue weighted by Crippen LogP contribution is 2.15. The molecule has 0 spiro atoms. The van der Waals surface area contributed by atoms with Crippen molar-refractivity contribution < 1.29 is 0 Å².